The average Bonchev–Trinajstić information content (AvgIpc) is 2.91. The highest BCUT2D eigenvalue weighted by atomic mass is 19.1. The normalized spacial score (nSPS) is 12.6. The molecule has 0 aliphatic rings. The third kappa shape index (κ3) is 2.25. The van der Waals surface area contributed by atoms with Gasteiger partial charge in [-0.2, -0.15) is 5.10 Å². The zero-order chi connectivity index (χ0) is 14.1. The molecule has 3 aromatic rings. The lowest BCUT2D eigenvalue weighted by atomic mass is 10.1. The van der Waals surface area contributed by atoms with Crippen LogP contribution < -0.4 is 5.32 Å². The molecular formula is C16H16FN3. The van der Waals surface area contributed by atoms with Gasteiger partial charge < -0.3 is 5.32 Å². The minimum Gasteiger partial charge on any atom is -0.378 e. The van der Waals surface area contributed by atoms with Crippen LogP contribution in [0.5, 0.6) is 0 Å². The Hall–Kier alpha value is -2.36. The lowest BCUT2D eigenvalue weighted by Gasteiger charge is -2.17. The van der Waals surface area contributed by atoms with Gasteiger partial charge in [-0.3, -0.25) is 5.10 Å². The molecule has 0 saturated heterocycles. The molecule has 2 aromatic carbocycles. The van der Waals surface area contributed by atoms with Crippen molar-refractivity contribution in [2.45, 2.75) is 19.9 Å². The molecule has 2 N–H and O–H groups in total. The lowest BCUT2D eigenvalue weighted by Crippen LogP contribution is -2.07. The van der Waals surface area contributed by atoms with Crippen LogP contribution in [0.2, 0.25) is 0 Å². The maximum Gasteiger partial charge on any atom is 0.126 e. The number of H-pyrrole nitrogens is 1. The van der Waals surface area contributed by atoms with Crippen LogP contribution in [0.1, 0.15) is 24.1 Å². The first-order valence-electron chi connectivity index (χ1n) is 6.60. The predicted molar refractivity (Wildman–Crippen MR) is 79.3 cm³/mol. The molecule has 102 valence electrons. The van der Waals surface area contributed by atoms with Crippen LogP contribution in [-0.2, 0) is 0 Å². The Morgan fingerprint density at radius 1 is 1.25 bits per heavy atom. The van der Waals surface area contributed by atoms with Crippen molar-refractivity contribution in [1.82, 2.24) is 10.2 Å². The first-order chi connectivity index (χ1) is 9.65. The second kappa shape index (κ2) is 4.96. The molecule has 0 radical (unpaired) electrons. The van der Waals surface area contributed by atoms with Gasteiger partial charge in [-0.05, 0) is 43.2 Å². The van der Waals surface area contributed by atoms with Gasteiger partial charge in [0.15, 0.2) is 0 Å². The van der Waals surface area contributed by atoms with E-state index in [-0.39, 0.29) is 11.9 Å². The van der Waals surface area contributed by atoms with Crippen LogP contribution in [0.15, 0.2) is 42.6 Å². The number of aromatic nitrogens is 2. The minimum atomic E-state index is -0.169. The fourth-order valence-electron chi connectivity index (χ4n) is 2.29. The molecule has 0 bridgehead atoms. The van der Waals surface area contributed by atoms with Gasteiger partial charge in [-0.15, -0.1) is 0 Å². The molecule has 1 atom stereocenters. The molecule has 20 heavy (non-hydrogen) atoms. The van der Waals surface area contributed by atoms with Crippen molar-refractivity contribution in [3.05, 3.63) is 59.5 Å². The van der Waals surface area contributed by atoms with E-state index >= 15 is 0 Å². The van der Waals surface area contributed by atoms with Crippen LogP contribution in [0.25, 0.3) is 10.9 Å². The molecule has 0 fully saturated rings. The molecule has 1 heterocycles. The minimum absolute atomic E-state index is 0.0191. The number of hydrogen-bond acceptors (Lipinski definition) is 2. The highest BCUT2D eigenvalue weighted by Crippen LogP contribution is 2.26. The van der Waals surface area contributed by atoms with Crippen LogP contribution in [-0.4, -0.2) is 10.2 Å². The van der Waals surface area contributed by atoms with E-state index < -0.39 is 0 Å². The van der Waals surface area contributed by atoms with Crippen LogP contribution >= 0.6 is 0 Å². The van der Waals surface area contributed by atoms with Crippen molar-refractivity contribution in [2.75, 3.05) is 5.32 Å². The van der Waals surface area contributed by atoms with Crippen molar-refractivity contribution in [3.63, 3.8) is 0 Å². The van der Waals surface area contributed by atoms with E-state index in [1.807, 2.05) is 31.2 Å². The van der Waals surface area contributed by atoms with Gasteiger partial charge >= 0.3 is 0 Å². The van der Waals surface area contributed by atoms with Gasteiger partial charge in [0.25, 0.3) is 0 Å². The molecule has 1 aromatic heterocycles. The summed E-state index contributed by atoms with van der Waals surface area (Å²) in [5.74, 6) is -0.169. The summed E-state index contributed by atoms with van der Waals surface area (Å²) in [5.41, 5.74) is 3.56. The molecule has 3 nitrogen and oxygen atoms in total. The summed E-state index contributed by atoms with van der Waals surface area (Å²) < 4.78 is 13.6. The fourth-order valence-corrected chi connectivity index (χ4v) is 2.29. The highest BCUT2D eigenvalue weighted by Gasteiger charge is 2.10. The SMILES string of the molecule is Cc1ccc(C(C)Nc2cccc3[nH]ncc23)cc1F. The van der Waals surface area contributed by atoms with Crippen LogP contribution in [0, 0.1) is 12.7 Å². The summed E-state index contributed by atoms with van der Waals surface area (Å²) in [6, 6.07) is 11.3. The fraction of sp³-hybridized carbons (Fsp3) is 0.188. The topological polar surface area (TPSA) is 40.7 Å². The van der Waals surface area contributed by atoms with Crippen molar-refractivity contribution < 1.29 is 4.39 Å². The number of fused-ring (bicyclic) bond motifs is 1. The Kier molecular flexibility index (Phi) is 3.14. The summed E-state index contributed by atoms with van der Waals surface area (Å²) in [4.78, 5) is 0. The number of aromatic amines is 1. The van der Waals surface area contributed by atoms with Crippen molar-refractivity contribution in [3.8, 4) is 0 Å². The number of nitrogens with zero attached hydrogens (tertiary/aromatic N) is 1. The second-order valence-corrected chi connectivity index (χ2v) is 5.01. The molecule has 0 amide bonds. The van der Waals surface area contributed by atoms with E-state index in [0.717, 1.165) is 22.2 Å². The van der Waals surface area contributed by atoms with E-state index in [2.05, 4.69) is 15.5 Å². The van der Waals surface area contributed by atoms with Crippen molar-refractivity contribution in [1.29, 1.82) is 0 Å². The summed E-state index contributed by atoms with van der Waals surface area (Å²) >= 11 is 0. The van der Waals surface area contributed by atoms with E-state index in [4.69, 9.17) is 0 Å². The quantitative estimate of drug-likeness (QED) is 0.748. The summed E-state index contributed by atoms with van der Waals surface area (Å²) in [6.07, 6.45) is 1.79. The zero-order valence-corrected chi connectivity index (χ0v) is 11.4. The third-order valence-corrected chi connectivity index (χ3v) is 3.55. The molecule has 3 rings (SSSR count). The Morgan fingerprint density at radius 2 is 2.10 bits per heavy atom. The summed E-state index contributed by atoms with van der Waals surface area (Å²) in [5, 5.41) is 11.4. The molecule has 0 aliphatic carbocycles. The number of nitrogens with one attached hydrogen (secondary N) is 2. The van der Waals surface area contributed by atoms with Gasteiger partial charge in [-0.1, -0.05) is 18.2 Å². The number of benzene rings is 2. The number of anilines is 1. The Labute approximate surface area is 116 Å². The Bertz CT molecular complexity index is 748. The van der Waals surface area contributed by atoms with Crippen LogP contribution in [0.3, 0.4) is 0 Å². The number of hydrogen-bond donors (Lipinski definition) is 2. The van der Waals surface area contributed by atoms with Gasteiger partial charge in [0, 0.05) is 17.1 Å². The van der Waals surface area contributed by atoms with E-state index in [0.29, 0.717) is 5.56 Å². The summed E-state index contributed by atoms with van der Waals surface area (Å²) in [6.45, 7) is 3.78. The molecule has 0 saturated carbocycles. The first kappa shape index (κ1) is 12.7. The predicted octanol–water partition coefficient (Wildman–Crippen LogP) is 4.18. The number of halogens is 1. The number of aryl methyl sites for hydroxylation is 1. The largest absolute Gasteiger partial charge is 0.378 e. The van der Waals surface area contributed by atoms with E-state index in [1.54, 1.807) is 25.3 Å². The van der Waals surface area contributed by atoms with E-state index in [1.165, 1.54) is 0 Å². The maximum absolute atomic E-state index is 13.6. The molecule has 0 aliphatic heterocycles. The Balaban J connectivity index is 1.90. The van der Waals surface area contributed by atoms with Gasteiger partial charge in [-0.25, -0.2) is 4.39 Å². The van der Waals surface area contributed by atoms with E-state index in [9.17, 15) is 4.39 Å². The zero-order valence-electron chi connectivity index (χ0n) is 11.4. The van der Waals surface area contributed by atoms with Gasteiger partial charge in [0.05, 0.1) is 11.7 Å². The average molecular weight is 269 g/mol. The molecule has 0 spiro atoms. The Morgan fingerprint density at radius 3 is 2.90 bits per heavy atom. The lowest BCUT2D eigenvalue weighted by molar-refractivity contribution is 0.614. The molecular weight excluding hydrogens is 253 g/mol. The monoisotopic (exact) mass is 269 g/mol. The van der Waals surface area contributed by atoms with Crippen molar-refractivity contribution in [2.24, 2.45) is 0 Å². The molecule has 1 unspecified atom stereocenters. The smallest absolute Gasteiger partial charge is 0.126 e. The standard InChI is InChI=1S/C16H16FN3/c1-10-6-7-12(8-14(10)17)11(2)19-15-4-3-5-16-13(15)9-18-20-16/h3-9,11,19H,1-2H3,(H,18,20). The van der Waals surface area contributed by atoms with Crippen molar-refractivity contribution >= 4 is 16.6 Å². The second-order valence-electron chi connectivity index (χ2n) is 5.01. The molecule has 4 heteroatoms. The van der Waals surface area contributed by atoms with Crippen LogP contribution in [0.4, 0.5) is 10.1 Å². The van der Waals surface area contributed by atoms with Gasteiger partial charge in [0.2, 0.25) is 0 Å². The number of rotatable bonds is 3. The maximum atomic E-state index is 13.6. The first-order valence-corrected chi connectivity index (χ1v) is 6.60. The highest BCUT2D eigenvalue weighted by molar-refractivity contribution is 5.90. The summed E-state index contributed by atoms with van der Waals surface area (Å²) in [7, 11) is 0. The third-order valence-electron chi connectivity index (χ3n) is 3.55. The van der Waals surface area contributed by atoms with Gasteiger partial charge in [0.1, 0.15) is 5.82 Å².